The molecule has 0 atom stereocenters. The molecular weight excluding hydrogens is 371 g/mol. The molecule has 2 aromatic carbocycles. The lowest BCUT2D eigenvalue weighted by Crippen LogP contribution is -1.99. The molecule has 0 saturated carbocycles. The van der Waals surface area contributed by atoms with Gasteiger partial charge in [0.1, 0.15) is 5.82 Å². The number of hydrogen-bond acceptors (Lipinski definition) is 6. The minimum Gasteiger partial charge on any atom is -0.493 e. The van der Waals surface area contributed by atoms with Crippen molar-refractivity contribution in [1.82, 2.24) is 14.9 Å². The summed E-state index contributed by atoms with van der Waals surface area (Å²) in [5, 5.41) is 11.3. The standard InChI is InChI=1S/C18H17FN4O3S/c1-24-14-8-12(9-15(25-2)16(14)26-3)17-21-22-18(27)23(17)20-10-11-5-4-6-13(19)7-11/h4-10H,1-3H3,(H,22,27)/b20-10+. The number of H-pyrrole nitrogens is 1. The van der Waals surface area contributed by atoms with Gasteiger partial charge in [0.05, 0.1) is 27.5 Å². The van der Waals surface area contributed by atoms with E-state index in [2.05, 4.69) is 15.3 Å². The predicted octanol–water partition coefficient (Wildman–Crippen LogP) is 3.65. The minimum absolute atomic E-state index is 0.284. The van der Waals surface area contributed by atoms with Crippen molar-refractivity contribution in [3.8, 4) is 28.6 Å². The van der Waals surface area contributed by atoms with E-state index in [0.29, 0.717) is 34.2 Å². The second-order valence-electron chi connectivity index (χ2n) is 5.38. The Kier molecular flexibility index (Phi) is 5.51. The zero-order valence-corrected chi connectivity index (χ0v) is 15.7. The first-order chi connectivity index (χ1) is 13.1. The monoisotopic (exact) mass is 388 g/mol. The van der Waals surface area contributed by atoms with Gasteiger partial charge in [-0.2, -0.15) is 14.9 Å². The Morgan fingerprint density at radius 1 is 1.11 bits per heavy atom. The number of methoxy groups -OCH3 is 3. The fourth-order valence-electron chi connectivity index (χ4n) is 2.51. The molecule has 0 spiro atoms. The summed E-state index contributed by atoms with van der Waals surface area (Å²) in [7, 11) is 4.58. The molecule has 3 rings (SSSR count). The highest BCUT2D eigenvalue weighted by Crippen LogP contribution is 2.40. The molecule has 0 fully saturated rings. The summed E-state index contributed by atoms with van der Waals surface area (Å²) in [5.74, 6) is 1.50. The second-order valence-corrected chi connectivity index (χ2v) is 5.76. The summed E-state index contributed by atoms with van der Waals surface area (Å²) in [6.45, 7) is 0. The molecule has 1 N–H and O–H groups in total. The molecule has 0 aliphatic carbocycles. The Morgan fingerprint density at radius 2 is 1.81 bits per heavy atom. The van der Waals surface area contributed by atoms with Crippen LogP contribution in [0.15, 0.2) is 41.5 Å². The highest BCUT2D eigenvalue weighted by atomic mass is 32.1. The average molecular weight is 388 g/mol. The largest absolute Gasteiger partial charge is 0.493 e. The van der Waals surface area contributed by atoms with E-state index < -0.39 is 0 Å². The highest BCUT2D eigenvalue weighted by Gasteiger charge is 2.17. The van der Waals surface area contributed by atoms with Crippen LogP contribution in [0.5, 0.6) is 17.2 Å². The van der Waals surface area contributed by atoms with E-state index in [1.807, 2.05) is 0 Å². The number of ether oxygens (including phenoxy) is 3. The Balaban J connectivity index is 2.08. The molecule has 7 nitrogen and oxygen atoms in total. The van der Waals surface area contributed by atoms with E-state index >= 15 is 0 Å². The maximum atomic E-state index is 13.3. The van der Waals surface area contributed by atoms with Gasteiger partial charge in [-0.1, -0.05) is 12.1 Å². The SMILES string of the molecule is COc1cc(-c2n[nH]c(=S)n2/N=C/c2cccc(F)c2)cc(OC)c1OC. The molecule has 27 heavy (non-hydrogen) atoms. The normalized spacial score (nSPS) is 11.0. The molecule has 1 aromatic heterocycles. The second kappa shape index (κ2) is 8.00. The van der Waals surface area contributed by atoms with Crippen LogP contribution in [0.3, 0.4) is 0 Å². The molecule has 1 heterocycles. The van der Waals surface area contributed by atoms with Crippen LogP contribution >= 0.6 is 12.2 Å². The maximum Gasteiger partial charge on any atom is 0.216 e. The molecule has 9 heteroatoms. The van der Waals surface area contributed by atoms with Crippen molar-refractivity contribution in [2.75, 3.05) is 21.3 Å². The van der Waals surface area contributed by atoms with E-state index in [1.165, 1.54) is 44.4 Å². The quantitative estimate of drug-likeness (QED) is 0.515. The van der Waals surface area contributed by atoms with E-state index in [9.17, 15) is 4.39 Å². The number of aromatic amines is 1. The number of hydrogen-bond donors (Lipinski definition) is 1. The number of nitrogens with one attached hydrogen (secondary N) is 1. The van der Waals surface area contributed by atoms with Crippen LogP contribution in [0.4, 0.5) is 4.39 Å². The van der Waals surface area contributed by atoms with Crippen molar-refractivity contribution in [2.24, 2.45) is 5.10 Å². The fraction of sp³-hybridized carbons (Fsp3) is 0.167. The number of nitrogens with zero attached hydrogens (tertiary/aromatic N) is 3. The summed E-state index contributed by atoms with van der Waals surface area (Å²) < 4.78 is 31.1. The first-order valence-corrected chi connectivity index (χ1v) is 8.26. The Morgan fingerprint density at radius 3 is 2.41 bits per heavy atom. The Bertz CT molecular complexity index is 1020. The first-order valence-electron chi connectivity index (χ1n) is 7.85. The highest BCUT2D eigenvalue weighted by molar-refractivity contribution is 7.71. The van der Waals surface area contributed by atoms with Crippen LogP contribution in [0.2, 0.25) is 0 Å². The summed E-state index contributed by atoms with van der Waals surface area (Å²) in [4.78, 5) is 0. The Labute approximate surface area is 160 Å². The van der Waals surface area contributed by atoms with Gasteiger partial charge in [0, 0.05) is 5.56 Å². The van der Waals surface area contributed by atoms with Gasteiger partial charge in [-0.3, -0.25) is 0 Å². The van der Waals surface area contributed by atoms with Crippen LogP contribution in [-0.4, -0.2) is 42.4 Å². The fourth-order valence-corrected chi connectivity index (χ4v) is 2.69. The first kappa shape index (κ1) is 18.6. The topological polar surface area (TPSA) is 73.7 Å². The van der Waals surface area contributed by atoms with Crippen LogP contribution in [0.1, 0.15) is 5.56 Å². The van der Waals surface area contributed by atoms with Crippen molar-refractivity contribution in [2.45, 2.75) is 0 Å². The smallest absolute Gasteiger partial charge is 0.216 e. The summed E-state index contributed by atoms with van der Waals surface area (Å²) in [6.07, 6.45) is 1.50. The number of halogens is 1. The zero-order valence-electron chi connectivity index (χ0n) is 14.9. The molecule has 0 amide bonds. The third kappa shape index (κ3) is 3.82. The van der Waals surface area contributed by atoms with E-state index in [0.717, 1.165) is 0 Å². The lowest BCUT2D eigenvalue weighted by atomic mass is 10.1. The number of benzene rings is 2. The van der Waals surface area contributed by atoms with Gasteiger partial charge in [-0.15, -0.1) is 0 Å². The van der Waals surface area contributed by atoms with Crippen LogP contribution < -0.4 is 14.2 Å². The number of rotatable bonds is 6. The van der Waals surface area contributed by atoms with Gasteiger partial charge >= 0.3 is 0 Å². The number of aromatic nitrogens is 3. The van der Waals surface area contributed by atoms with Gasteiger partial charge in [0.2, 0.25) is 10.5 Å². The van der Waals surface area contributed by atoms with E-state index in [1.54, 1.807) is 24.3 Å². The van der Waals surface area contributed by atoms with Crippen molar-refractivity contribution in [1.29, 1.82) is 0 Å². The molecule has 0 unspecified atom stereocenters. The summed E-state index contributed by atoms with van der Waals surface area (Å²) in [5.41, 5.74) is 1.24. The van der Waals surface area contributed by atoms with E-state index in [4.69, 9.17) is 26.4 Å². The third-order valence-corrected chi connectivity index (χ3v) is 4.01. The molecule has 3 aromatic rings. The third-order valence-electron chi connectivity index (χ3n) is 3.74. The molecule has 140 valence electrons. The van der Waals surface area contributed by atoms with Crippen molar-refractivity contribution in [3.63, 3.8) is 0 Å². The zero-order chi connectivity index (χ0) is 19.4. The van der Waals surface area contributed by atoms with Crippen molar-refractivity contribution >= 4 is 18.4 Å². The van der Waals surface area contributed by atoms with E-state index in [-0.39, 0.29) is 10.6 Å². The summed E-state index contributed by atoms with van der Waals surface area (Å²) in [6, 6.07) is 9.54. The van der Waals surface area contributed by atoms with Crippen LogP contribution in [-0.2, 0) is 0 Å². The minimum atomic E-state index is -0.348. The maximum absolute atomic E-state index is 13.3. The molecule has 0 saturated heterocycles. The Hall–Kier alpha value is -3.20. The van der Waals surface area contributed by atoms with Gasteiger partial charge in [0.15, 0.2) is 17.3 Å². The summed E-state index contributed by atoms with van der Waals surface area (Å²) >= 11 is 5.25. The molecule has 0 aliphatic heterocycles. The van der Waals surface area contributed by atoms with Crippen molar-refractivity contribution < 1.29 is 18.6 Å². The van der Waals surface area contributed by atoms with Crippen LogP contribution in [0, 0.1) is 10.6 Å². The van der Waals surface area contributed by atoms with Gasteiger partial charge in [-0.25, -0.2) is 9.49 Å². The molecular formula is C18H17FN4O3S. The lowest BCUT2D eigenvalue weighted by Gasteiger charge is -2.13. The average Bonchev–Trinajstić information content (AvgIpc) is 3.05. The van der Waals surface area contributed by atoms with Gasteiger partial charge in [-0.05, 0) is 42.0 Å². The molecule has 0 radical (unpaired) electrons. The van der Waals surface area contributed by atoms with Crippen molar-refractivity contribution in [3.05, 3.63) is 52.5 Å². The van der Waals surface area contributed by atoms with Crippen LogP contribution in [0.25, 0.3) is 11.4 Å². The molecule has 0 bridgehead atoms. The van der Waals surface area contributed by atoms with Gasteiger partial charge < -0.3 is 14.2 Å². The lowest BCUT2D eigenvalue weighted by molar-refractivity contribution is 0.324. The molecule has 0 aliphatic rings. The predicted molar refractivity (Wildman–Crippen MR) is 102 cm³/mol. The van der Waals surface area contributed by atoms with Gasteiger partial charge in [0.25, 0.3) is 0 Å².